The molecule has 0 radical (unpaired) electrons. The number of aryl methyl sites for hydroxylation is 2. The monoisotopic (exact) mass is 540 g/mol. The Labute approximate surface area is 203 Å². The van der Waals surface area contributed by atoms with Gasteiger partial charge in [0.15, 0.2) is 5.96 Å². The molecule has 2 heterocycles. The van der Waals surface area contributed by atoms with Gasteiger partial charge in [-0.05, 0) is 57.3 Å². The average Bonchev–Trinajstić information content (AvgIpc) is 3.43. The molecule has 0 spiro atoms. The number of benzene rings is 1. The van der Waals surface area contributed by atoms with Crippen LogP contribution in [-0.2, 0) is 13.5 Å². The number of guanidine groups is 1. The summed E-state index contributed by atoms with van der Waals surface area (Å²) in [7, 11) is 3.70. The number of nitrogens with one attached hydrogen (secondary N) is 2. The fourth-order valence-electron chi connectivity index (χ4n) is 4.03. The van der Waals surface area contributed by atoms with E-state index in [-0.39, 0.29) is 30.0 Å². The molecule has 1 atom stereocenters. The number of hydrogen-bond acceptors (Lipinski definition) is 4. The molecule has 3 rings (SSSR count). The highest BCUT2D eigenvalue weighted by Gasteiger charge is 2.25. The van der Waals surface area contributed by atoms with Gasteiger partial charge in [-0.1, -0.05) is 18.2 Å². The quantitative estimate of drug-likeness (QED) is 0.210. The zero-order valence-electron chi connectivity index (χ0n) is 19.0. The van der Waals surface area contributed by atoms with Gasteiger partial charge in [-0.3, -0.25) is 14.6 Å². The predicted molar refractivity (Wildman–Crippen MR) is 137 cm³/mol. The van der Waals surface area contributed by atoms with E-state index in [0.29, 0.717) is 6.54 Å². The first-order valence-corrected chi connectivity index (χ1v) is 11.1. The predicted octanol–water partition coefficient (Wildman–Crippen LogP) is 3.37. The van der Waals surface area contributed by atoms with Crippen molar-refractivity contribution in [3.8, 4) is 5.75 Å². The molecule has 8 heteroatoms. The standard InChI is InChI=1S/C23H36N6O.HI/c1-4-24-23(25-13-9-10-19-16-27-28(2)18-19)26-17-21(29-14-7-8-15-29)20-11-5-6-12-22(20)30-3;/h5-6,11-12,16,18,21H,4,7-10,13-15,17H2,1-3H3,(H2,24,25,26);1H. The number of aliphatic imine (C=N–C) groups is 1. The second kappa shape index (κ2) is 13.6. The molecule has 1 aromatic carbocycles. The molecule has 7 nitrogen and oxygen atoms in total. The van der Waals surface area contributed by atoms with E-state index in [9.17, 15) is 0 Å². The molecule has 0 amide bonds. The summed E-state index contributed by atoms with van der Waals surface area (Å²) >= 11 is 0. The molecule has 0 bridgehead atoms. The van der Waals surface area contributed by atoms with E-state index in [4.69, 9.17) is 9.73 Å². The van der Waals surface area contributed by atoms with Crippen LogP contribution in [0.25, 0.3) is 0 Å². The number of halogens is 1. The van der Waals surface area contributed by atoms with Crippen molar-refractivity contribution in [2.45, 2.75) is 38.6 Å². The largest absolute Gasteiger partial charge is 0.496 e. The third kappa shape index (κ3) is 7.68. The fraction of sp³-hybridized carbons (Fsp3) is 0.565. The molecule has 2 aromatic rings. The van der Waals surface area contributed by atoms with Gasteiger partial charge in [0.25, 0.3) is 0 Å². The van der Waals surface area contributed by atoms with Crippen LogP contribution in [0.2, 0.25) is 0 Å². The van der Waals surface area contributed by atoms with Crippen molar-refractivity contribution in [2.24, 2.45) is 12.0 Å². The minimum atomic E-state index is 0. The number of ether oxygens (including phenoxy) is 1. The van der Waals surface area contributed by atoms with Crippen LogP contribution >= 0.6 is 24.0 Å². The van der Waals surface area contributed by atoms with E-state index in [1.165, 1.54) is 24.0 Å². The van der Waals surface area contributed by atoms with Crippen molar-refractivity contribution >= 4 is 29.9 Å². The van der Waals surface area contributed by atoms with Gasteiger partial charge in [0.05, 0.1) is 25.9 Å². The molecule has 1 fully saturated rings. The maximum Gasteiger partial charge on any atom is 0.191 e. The Morgan fingerprint density at radius 1 is 1.23 bits per heavy atom. The van der Waals surface area contributed by atoms with Crippen LogP contribution in [0.4, 0.5) is 0 Å². The summed E-state index contributed by atoms with van der Waals surface area (Å²) in [5.41, 5.74) is 2.49. The average molecular weight is 540 g/mol. The Kier molecular flexibility index (Phi) is 11.1. The molecule has 1 aromatic heterocycles. The number of rotatable bonds is 10. The third-order valence-corrected chi connectivity index (χ3v) is 5.54. The summed E-state index contributed by atoms with van der Waals surface area (Å²) < 4.78 is 7.50. The van der Waals surface area contributed by atoms with Crippen LogP contribution < -0.4 is 15.4 Å². The van der Waals surface area contributed by atoms with Gasteiger partial charge in [-0.25, -0.2) is 0 Å². The second-order valence-electron chi connectivity index (χ2n) is 7.77. The minimum absolute atomic E-state index is 0. The van der Waals surface area contributed by atoms with Crippen LogP contribution in [0.1, 0.15) is 43.4 Å². The van der Waals surface area contributed by atoms with Crippen molar-refractivity contribution in [1.82, 2.24) is 25.3 Å². The molecule has 2 N–H and O–H groups in total. The first-order valence-electron chi connectivity index (χ1n) is 11.1. The number of aromatic nitrogens is 2. The number of para-hydroxylation sites is 1. The Bertz CT molecular complexity index is 803. The Morgan fingerprint density at radius 2 is 2.00 bits per heavy atom. The summed E-state index contributed by atoms with van der Waals surface area (Å²) in [6.07, 6.45) is 8.57. The van der Waals surface area contributed by atoms with Crippen LogP contribution in [-0.4, -0.2) is 60.5 Å². The highest BCUT2D eigenvalue weighted by atomic mass is 127. The summed E-state index contributed by atoms with van der Waals surface area (Å²) in [6, 6.07) is 8.57. The van der Waals surface area contributed by atoms with Gasteiger partial charge in [0.2, 0.25) is 0 Å². The molecular weight excluding hydrogens is 503 g/mol. The second-order valence-corrected chi connectivity index (χ2v) is 7.77. The van der Waals surface area contributed by atoms with E-state index in [2.05, 4.69) is 45.9 Å². The third-order valence-electron chi connectivity index (χ3n) is 5.54. The van der Waals surface area contributed by atoms with Gasteiger partial charge < -0.3 is 15.4 Å². The molecule has 1 saturated heterocycles. The highest BCUT2D eigenvalue weighted by molar-refractivity contribution is 14.0. The maximum atomic E-state index is 5.65. The molecule has 0 aliphatic carbocycles. The fourth-order valence-corrected chi connectivity index (χ4v) is 4.03. The molecule has 31 heavy (non-hydrogen) atoms. The van der Waals surface area contributed by atoms with E-state index >= 15 is 0 Å². The Balaban J connectivity index is 0.00000341. The molecular formula is C23H37IN6O. The van der Waals surface area contributed by atoms with Crippen molar-refractivity contribution in [3.63, 3.8) is 0 Å². The zero-order valence-corrected chi connectivity index (χ0v) is 21.3. The van der Waals surface area contributed by atoms with Gasteiger partial charge in [-0.2, -0.15) is 5.10 Å². The lowest BCUT2D eigenvalue weighted by molar-refractivity contribution is 0.245. The smallest absolute Gasteiger partial charge is 0.191 e. The topological polar surface area (TPSA) is 66.7 Å². The van der Waals surface area contributed by atoms with Crippen LogP contribution in [0.15, 0.2) is 41.7 Å². The highest BCUT2D eigenvalue weighted by Crippen LogP contribution is 2.31. The van der Waals surface area contributed by atoms with E-state index < -0.39 is 0 Å². The van der Waals surface area contributed by atoms with Gasteiger partial charge in [0.1, 0.15) is 5.75 Å². The minimum Gasteiger partial charge on any atom is -0.496 e. The maximum absolute atomic E-state index is 5.65. The van der Waals surface area contributed by atoms with Crippen molar-refractivity contribution in [1.29, 1.82) is 0 Å². The molecule has 1 aliphatic heterocycles. The van der Waals surface area contributed by atoms with Crippen LogP contribution in [0, 0.1) is 0 Å². The first-order chi connectivity index (χ1) is 14.7. The Morgan fingerprint density at radius 3 is 2.68 bits per heavy atom. The van der Waals surface area contributed by atoms with E-state index in [1.807, 2.05) is 30.1 Å². The van der Waals surface area contributed by atoms with E-state index in [1.54, 1.807) is 7.11 Å². The first kappa shape index (κ1) is 25.5. The molecule has 1 unspecified atom stereocenters. The molecule has 172 valence electrons. The van der Waals surface area contributed by atoms with E-state index in [0.717, 1.165) is 50.7 Å². The lowest BCUT2D eigenvalue weighted by atomic mass is 10.0. The van der Waals surface area contributed by atoms with Gasteiger partial charge in [-0.15, -0.1) is 24.0 Å². The number of methoxy groups -OCH3 is 1. The summed E-state index contributed by atoms with van der Waals surface area (Å²) in [5, 5.41) is 11.1. The Hall–Kier alpha value is -1.81. The van der Waals surface area contributed by atoms with Crippen LogP contribution in [0.3, 0.4) is 0 Å². The van der Waals surface area contributed by atoms with Gasteiger partial charge >= 0.3 is 0 Å². The molecule has 0 saturated carbocycles. The summed E-state index contributed by atoms with van der Waals surface area (Å²) in [6.45, 7) is 6.77. The van der Waals surface area contributed by atoms with Crippen molar-refractivity contribution in [2.75, 3.05) is 39.8 Å². The summed E-state index contributed by atoms with van der Waals surface area (Å²) in [4.78, 5) is 7.47. The van der Waals surface area contributed by atoms with Gasteiger partial charge in [0, 0.05) is 31.9 Å². The number of hydrogen-bond donors (Lipinski definition) is 2. The lowest BCUT2D eigenvalue weighted by Crippen LogP contribution is -2.39. The SMILES string of the molecule is CCNC(=NCC(c1ccccc1OC)N1CCCC1)NCCCc1cnn(C)c1.I. The van der Waals surface area contributed by atoms with Crippen molar-refractivity contribution in [3.05, 3.63) is 47.8 Å². The van der Waals surface area contributed by atoms with Crippen LogP contribution in [0.5, 0.6) is 5.75 Å². The van der Waals surface area contributed by atoms with Crippen molar-refractivity contribution < 1.29 is 4.74 Å². The normalized spacial score (nSPS) is 15.4. The summed E-state index contributed by atoms with van der Waals surface area (Å²) in [5.74, 6) is 1.82. The molecule has 1 aliphatic rings. The number of nitrogens with zero attached hydrogens (tertiary/aromatic N) is 4. The zero-order chi connectivity index (χ0) is 21.2. The lowest BCUT2D eigenvalue weighted by Gasteiger charge is -2.28. The number of likely N-dealkylation sites (tertiary alicyclic amines) is 1.